The third-order valence-corrected chi connectivity index (χ3v) is 32.0. The Morgan fingerprint density at radius 2 is 0.250 bits per heavy atom. The zero-order chi connectivity index (χ0) is 90.5. The minimum absolute atomic E-state index is 1.09. The summed E-state index contributed by atoms with van der Waals surface area (Å²) in [4.78, 5) is 20.8. The van der Waals surface area contributed by atoms with Crippen molar-refractivity contribution >= 4 is 167 Å². The average molecular weight is 1850 g/mol. The first-order valence-corrected chi connectivity index (χ1v) is 50.5. The van der Waals surface area contributed by atoms with E-state index in [1.54, 1.807) is 0 Å². The maximum atomic E-state index is 2.37. The van der Waals surface area contributed by atoms with Crippen molar-refractivity contribution < 1.29 is 0 Å². The number of para-hydroxylation sites is 2. The molecule has 24 rings (SSSR count). The summed E-state index contributed by atoms with van der Waals surface area (Å²) in [5.41, 5.74) is 29.0. The molecule has 18 aromatic carbocycles. The summed E-state index contributed by atoms with van der Waals surface area (Å²) in [5.74, 6) is 0. The normalized spacial score (nSPS) is 11.2. The van der Waals surface area contributed by atoms with E-state index in [0.29, 0.717) is 0 Å². The first kappa shape index (κ1) is 84.4. The van der Waals surface area contributed by atoms with Crippen molar-refractivity contribution in [2.45, 2.75) is 0 Å². The summed E-state index contributed by atoms with van der Waals surface area (Å²) in [6.45, 7) is 0. The Bertz CT molecular complexity index is 7800. The van der Waals surface area contributed by atoms with Gasteiger partial charge in [-0.2, -0.15) is 0 Å². The molecule has 24 aromatic rings. The Kier molecular flexibility index (Phi) is 23.8. The smallest absolute Gasteiger partial charge is 0.0462 e. The molecule has 0 bridgehead atoms. The van der Waals surface area contributed by atoms with E-state index in [1.807, 2.05) is 68.0 Å². The van der Waals surface area contributed by atoms with Crippen molar-refractivity contribution in [2.75, 3.05) is 19.6 Å². The third kappa shape index (κ3) is 18.0. The Hall–Kier alpha value is -15.9. The van der Waals surface area contributed by atoms with Crippen molar-refractivity contribution in [3.05, 3.63) is 522 Å². The third-order valence-electron chi connectivity index (χ3n) is 24.9. The molecule has 136 heavy (non-hydrogen) atoms. The van der Waals surface area contributed by atoms with Crippen LogP contribution < -0.4 is 19.6 Å². The molecule has 646 valence electrons. The first-order chi connectivity index (χ1) is 67.3. The molecule has 0 aliphatic rings. The lowest BCUT2D eigenvalue weighted by molar-refractivity contribution is 1.28. The van der Waals surface area contributed by atoms with Gasteiger partial charge in [-0.1, -0.05) is 303 Å². The summed E-state index contributed by atoms with van der Waals surface area (Å²) < 4.78 is 3.92. The summed E-state index contributed by atoms with van der Waals surface area (Å²) in [6, 6.07) is 189. The average Bonchev–Trinajstić information content (AvgIpc) is 0.936. The van der Waals surface area contributed by atoms with E-state index in [0.717, 1.165) is 79.4 Å². The Morgan fingerprint density at radius 3 is 0.441 bits per heavy atom. The molecule has 0 atom stereocenters. The van der Waals surface area contributed by atoms with Gasteiger partial charge in [0.15, 0.2) is 0 Å². The second kappa shape index (κ2) is 38.4. The van der Waals surface area contributed by atoms with Gasteiger partial charge in [0.25, 0.3) is 0 Å². The lowest BCUT2D eigenvalue weighted by atomic mass is 10.0. The molecule has 0 N–H and O–H groups in total. The summed E-state index contributed by atoms with van der Waals surface area (Å²) in [7, 11) is 0. The fourth-order valence-electron chi connectivity index (χ4n) is 17.9. The molecule has 0 saturated carbocycles. The zero-order valence-electron chi connectivity index (χ0n) is 73.9. The van der Waals surface area contributed by atoms with Crippen LogP contribution in [0, 0.1) is 0 Å². The maximum absolute atomic E-state index is 2.37. The molecular weight excluding hydrogens is 1760 g/mol. The lowest BCUT2D eigenvalue weighted by Gasteiger charge is -2.26. The molecule has 0 spiro atoms. The number of rotatable bonds is 23. The van der Waals surface area contributed by atoms with Crippen LogP contribution in [0.15, 0.2) is 522 Å². The van der Waals surface area contributed by atoms with Gasteiger partial charge in [-0.05, 0) is 307 Å². The Morgan fingerprint density at radius 1 is 0.103 bits per heavy atom. The first-order valence-electron chi connectivity index (χ1n) is 45.6. The van der Waals surface area contributed by atoms with Crippen molar-refractivity contribution in [1.29, 1.82) is 0 Å². The minimum atomic E-state index is 1.09. The Labute approximate surface area is 817 Å². The molecule has 0 amide bonds. The molecule has 0 saturated heterocycles. The van der Waals surface area contributed by atoms with Crippen molar-refractivity contribution in [1.82, 2.24) is 0 Å². The second-order valence-electron chi connectivity index (χ2n) is 33.5. The predicted molar refractivity (Wildman–Crippen MR) is 591 cm³/mol. The summed E-state index contributed by atoms with van der Waals surface area (Å²) >= 11 is 11.0. The SMILES string of the molecule is c1ccc(-c2ccc(-c3ccc(N(c4ccc(-c5ccc(N(c6ccc(-c7cc8ccccc8s7)cc6)c6ccc(-c7cc8ccccc8s7)cc6)cc5)cc4)c4ccc(-c5ccc(-c6ccccc6)s5)cc4)cc3)s2)cc1.c1ccc(-c2ccc(-c3ccc(N(c4ccc(-c5ccc(N(c6ccccc6)c6ccccc6)cc5)cc4)c4ccc(-c5cc6ccccc6s5)cc4)cc3)s2)cc1. The van der Waals surface area contributed by atoms with Crippen LogP contribution in [0.25, 0.3) is 146 Å². The van der Waals surface area contributed by atoms with Gasteiger partial charge >= 0.3 is 0 Å². The van der Waals surface area contributed by atoms with Crippen LogP contribution in [0.2, 0.25) is 0 Å². The topological polar surface area (TPSA) is 13.0 Å². The number of fused-ring (bicyclic) bond motifs is 3. The summed E-state index contributed by atoms with van der Waals surface area (Å²) in [6.07, 6.45) is 0. The highest BCUT2D eigenvalue weighted by atomic mass is 32.1. The van der Waals surface area contributed by atoms with E-state index in [2.05, 4.69) is 541 Å². The number of nitrogens with zero attached hydrogens (tertiary/aromatic N) is 4. The van der Waals surface area contributed by atoms with Gasteiger partial charge in [0.1, 0.15) is 0 Å². The van der Waals surface area contributed by atoms with Gasteiger partial charge in [0.2, 0.25) is 0 Å². The number of thiophene rings is 6. The highest BCUT2D eigenvalue weighted by molar-refractivity contribution is 7.23. The maximum Gasteiger partial charge on any atom is 0.0462 e. The Balaban J connectivity index is 0.000000160. The number of benzene rings is 18. The van der Waals surface area contributed by atoms with Gasteiger partial charge < -0.3 is 19.6 Å². The predicted octanol–water partition coefficient (Wildman–Crippen LogP) is 39.4. The van der Waals surface area contributed by atoms with Crippen molar-refractivity contribution in [3.63, 3.8) is 0 Å². The van der Waals surface area contributed by atoms with Crippen LogP contribution in [0.4, 0.5) is 68.2 Å². The van der Waals surface area contributed by atoms with Crippen molar-refractivity contribution in [2.24, 2.45) is 0 Å². The number of anilines is 12. The van der Waals surface area contributed by atoms with Crippen LogP contribution in [0.1, 0.15) is 0 Å². The summed E-state index contributed by atoms with van der Waals surface area (Å²) in [5, 5.41) is 3.85. The van der Waals surface area contributed by atoms with Crippen LogP contribution in [0.3, 0.4) is 0 Å². The van der Waals surface area contributed by atoms with E-state index in [9.17, 15) is 0 Å². The molecule has 6 aromatic heterocycles. The molecule has 0 unspecified atom stereocenters. The van der Waals surface area contributed by atoms with E-state index in [-0.39, 0.29) is 0 Å². The molecule has 6 heterocycles. The molecule has 0 aliphatic carbocycles. The molecule has 0 fully saturated rings. The van der Waals surface area contributed by atoms with Gasteiger partial charge in [-0.3, -0.25) is 0 Å². The zero-order valence-corrected chi connectivity index (χ0v) is 78.8. The van der Waals surface area contributed by atoms with Gasteiger partial charge in [-0.25, -0.2) is 0 Å². The van der Waals surface area contributed by atoms with Crippen LogP contribution >= 0.6 is 68.0 Å². The fourth-order valence-corrected chi connectivity index (χ4v) is 24.2. The van der Waals surface area contributed by atoms with E-state index < -0.39 is 0 Å². The van der Waals surface area contributed by atoms with E-state index >= 15 is 0 Å². The highest BCUT2D eigenvalue weighted by Crippen LogP contribution is 2.48. The molecule has 0 radical (unpaired) electrons. The number of hydrogen-bond donors (Lipinski definition) is 0. The molecule has 0 aliphatic heterocycles. The van der Waals surface area contributed by atoms with Crippen LogP contribution in [-0.2, 0) is 0 Å². The molecule has 10 heteroatoms. The number of hydrogen-bond acceptors (Lipinski definition) is 10. The largest absolute Gasteiger partial charge is 0.311 e. The van der Waals surface area contributed by atoms with Gasteiger partial charge in [0.05, 0.1) is 0 Å². The van der Waals surface area contributed by atoms with E-state index in [4.69, 9.17) is 0 Å². The quantitative estimate of drug-likeness (QED) is 0.0633. The van der Waals surface area contributed by atoms with Crippen LogP contribution in [-0.4, -0.2) is 0 Å². The van der Waals surface area contributed by atoms with Gasteiger partial charge in [0, 0.05) is 126 Å². The van der Waals surface area contributed by atoms with E-state index in [1.165, 1.54) is 135 Å². The second-order valence-corrected chi connectivity index (χ2v) is 40.0. The van der Waals surface area contributed by atoms with Gasteiger partial charge in [-0.15, -0.1) is 68.0 Å². The van der Waals surface area contributed by atoms with Crippen molar-refractivity contribution in [3.8, 4) is 116 Å². The van der Waals surface area contributed by atoms with Crippen LogP contribution in [0.5, 0.6) is 0 Å². The standard InChI is InChI=1S/C72H48N2S4.C54H38N2S2/c1-3-11-51(12-4-1)67-43-45-69(75-67)53-23-35-61(36-24-53)73(62-37-25-54(26-38-62)70-46-44-68(76-70)52-13-5-2-6-14-52)59-31-19-49(20-32-59)50-21-33-60(34-22-50)74(63-39-27-55(28-40-63)71-47-57-15-7-9-17-65(57)77-71)64-41-29-56(30-42-64)72-48-58-16-8-10-18-66(58)78-72;1-4-12-41(13-5-1)52-36-37-53(57-52)42-24-32-49(33-25-42)56(50-34-26-43(27-35-50)54-38-44-14-10-11-19-51(44)58-54)48-30-22-40(23-31-48)39-20-28-47(29-21-39)55(45-15-6-2-7-16-45)46-17-8-3-9-18-46/h1-48H;1-38H. The highest BCUT2D eigenvalue weighted by Gasteiger charge is 2.22. The monoisotopic (exact) mass is 1850 g/mol. The minimum Gasteiger partial charge on any atom is -0.311 e. The molecule has 4 nitrogen and oxygen atoms in total. The molecular formula is C126H86N4S6. The fraction of sp³-hybridized carbons (Fsp3) is 0. The lowest BCUT2D eigenvalue weighted by Crippen LogP contribution is -2.10.